The molecule has 0 spiro atoms. The number of hydrogen-bond acceptors (Lipinski definition) is 10. The van der Waals surface area contributed by atoms with Crippen molar-refractivity contribution in [2.75, 3.05) is 61.0 Å². The molecule has 10 nitrogen and oxygen atoms in total. The van der Waals surface area contributed by atoms with Crippen molar-refractivity contribution in [3.05, 3.63) is 0 Å². The van der Waals surface area contributed by atoms with E-state index in [9.17, 15) is 14.7 Å². The van der Waals surface area contributed by atoms with Gasteiger partial charge in [-0.05, 0) is 106 Å². The second-order valence-corrected chi connectivity index (χ2v) is 14.0. The highest BCUT2D eigenvalue weighted by Crippen LogP contribution is 2.37. The standard InChI is InChI=1S/C32H59N3O7/c1-11-35-17-12-14-23(19-35)25-20-40-30(38)31(4,5)27(37)22(3)28(32(6,39-10)15-13-16-34(25)9)42-29-26(36)24(33(7)8)18-21(2)41-29/h21-26,28-29,36H,11-20H2,1-10H3/t21-,22+,23-,24+,25+,26-,28-,29+,32-/m1/s1. The molecule has 0 aromatic rings. The molecule has 0 radical (unpaired) electrons. The summed E-state index contributed by atoms with van der Waals surface area (Å²) < 4.78 is 24.8. The molecule has 0 bridgehead atoms. The Kier molecular flexibility index (Phi) is 12.4. The molecular weight excluding hydrogens is 538 g/mol. The summed E-state index contributed by atoms with van der Waals surface area (Å²) in [7, 11) is 7.61. The lowest BCUT2D eigenvalue weighted by Gasteiger charge is -2.46. The predicted molar refractivity (Wildman–Crippen MR) is 162 cm³/mol. The van der Waals surface area contributed by atoms with E-state index in [1.165, 1.54) is 0 Å². The van der Waals surface area contributed by atoms with Gasteiger partial charge in [0.05, 0.1) is 17.8 Å². The van der Waals surface area contributed by atoms with Crippen LogP contribution in [0.25, 0.3) is 0 Å². The van der Waals surface area contributed by atoms with Gasteiger partial charge in [0.15, 0.2) is 12.1 Å². The maximum Gasteiger partial charge on any atom is 0.319 e. The zero-order valence-corrected chi connectivity index (χ0v) is 27.9. The van der Waals surface area contributed by atoms with Gasteiger partial charge in [-0.3, -0.25) is 14.5 Å². The summed E-state index contributed by atoms with van der Waals surface area (Å²) in [6.45, 7) is 15.3. The van der Waals surface area contributed by atoms with Crippen LogP contribution < -0.4 is 0 Å². The number of rotatable bonds is 6. The zero-order valence-electron chi connectivity index (χ0n) is 27.9. The number of ketones is 1. The molecule has 0 aromatic heterocycles. The summed E-state index contributed by atoms with van der Waals surface area (Å²) in [5.74, 6) is -1.15. The Balaban J connectivity index is 1.94. The van der Waals surface area contributed by atoms with Crippen molar-refractivity contribution in [2.24, 2.45) is 17.3 Å². The van der Waals surface area contributed by atoms with Crippen molar-refractivity contribution in [1.29, 1.82) is 0 Å². The lowest BCUT2D eigenvalue weighted by Crippen LogP contribution is -2.59. The van der Waals surface area contributed by atoms with Crippen molar-refractivity contribution in [2.45, 2.75) is 116 Å². The van der Waals surface area contributed by atoms with Crippen LogP contribution in [-0.2, 0) is 28.5 Å². The summed E-state index contributed by atoms with van der Waals surface area (Å²) in [5.41, 5.74) is -2.26. The van der Waals surface area contributed by atoms with Gasteiger partial charge >= 0.3 is 5.97 Å². The van der Waals surface area contributed by atoms with Gasteiger partial charge in [0.2, 0.25) is 0 Å². The van der Waals surface area contributed by atoms with Crippen LogP contribution in [-0.4, -0.2) is 135 Å². The van der Waals surface area contributed by atoms with Crippen LogP contribution in [0.3, 0.4) is 0 Å². The largest absolute Gasteiger partial charge is 0.463 e. The first-order valence-electron chi connectivity index (χ1n) is 16.0. The fourth-order valence-corrected chi connectivity index (χ4v) is 7.26. The van der Waals surface area contributed by atoms with Gasteiger partial charge < -0.3 is 33.9 Å². The molecule has 10 heteroatoms. The Morgan fingerprint density at radius 2 is 1.81 bits per heavy atom. The van der Waals surface area contributed by atoms with E-state index in [1.54, 1.807) is 27.9 Å². The molecule has 3 aliphatic rings. The van der Waals surface area contributed by atoms with Crippen LogP contribution in [0.2, 0.25) is 0 Å². The number of nitrogens with zero attached hydrogens (tertiary/aromatic N) is 3. The minimum atomic E-state index is -1.39. The van der Waals surface area contributed by atoms with Gasteiger partial charge in [-0.2, -0.15) is 0 Å². The van der Waals surface area contributed by atoms with Gasteiger partial charge in [-0.15, -0.1) is 0 Å². The summed E-state index contributed by atoms with van der Waals surface area (Å²) in [4.78, 5) is 34.5. The summed E-state index contributed by atoms with van der Waals surface area (Å²) in [6, 6.07) is -0.0998. The normalized spacial score (nSPS) is 40.2. The van der Waals surface area contributed by atoms with Crippen LogP contribution in [0.5, 0.6) is 0 Å². The van der Waals surface area contributed by atoms with Crippen LogP contribution in [0, 0.1) is 17.3 Å². The van der Waals surface area contributed by atoms with E-state index in [1.807, 2.05) is 32.8 Å². The molecule has 3 saturated heterocycles. The predicted octanol–water partition coefficient (Wildman–Crippen LogP) is 2.80. The number of ether oxygens (including phenoxy) is 4. The quantitative estimate of drug-likeness (QED) is 0.363. The monoisotopic (exact) mass is 597 g/mol. The fraction of sp³-hybridized carbons (Fsp3) is 0.938. The highest BCUT2D eigenvalue weighted by Gasteiger charge is 2.51. The molecule has 3 aliphatic heterocycles. The Morgan fingerprint density at radius 3 is 2.43 bits per heavy atom. The number of piperidine rings is 1. The number of methoxy groups -OCH3 is 1. The summed E-state index contributed by atoms with van der Waals surface area (Å²) >= 11 is 0. The highest BCUT2D eigenvalue weighted by molar-refractivity contribution is 6.04. The minimum absolute atomic E-state index is 0.0588. The second-order valence-electron chi connectivity index (χ2n) is 14.0. The number of likely N-dealkylation sites (tertiary alicyclic amines) is 1. The first-order valence-corrected chi connectivity index (χ1v) is 16.0. The third-order valence-electron chi connectivity index (χ3n) is 10.3. The first-order chi connectivity index (χ1) is 19.7. The van der Waals surface area contributed by atoms with Crippen molar-refractivity contribution >= 4 is 11.8 Å². The van der Waals surface area contributed by atoms with Gasteiger partial charge in [-0.1, -0.05) is 13.8 Å². The fourth-order valence-electron chi connectivity index (χ4n) is 7.26. The van der Waals surface area contributed by atoms with Crippen molar-refractivity contribution in [1.82, 2.24) is 14.7 Å². The molecule has 0 aromatic carbocycles. The van der Waals surface area contributed by atoms with Gasteiger partial charge in [-0.25, -0.2) is 0 Å². The molecule has 0 amide bonds. The van der Waals surface area contributed by atoms with Crippen LogP contribution in [0.1, 0.15) is 73.6 Å². The van der Waals surface area contributed by atoms with Gasteiger partial charge in [0.25, 0.3) is 0 Å². The van der Waals surface area contributed by atoms with E-state index in [2.05, 4.69) is 23.8 Å². The lowest BCUT2D eigenvalue weighted by molar-refractivity contribution is -0.295. The first kappa shape index (κ1) is 35.3. The molecule has 0 unspecified atom stereocenters. The van der Waals surface area contributed by atoms with Crippen molar-refractivity contribution in [3.8, 4) is 0 Å². The van der Waals surface area contributed by atoms with E-state index >= 15 is 0 Å². The smallest absolute Gasteiger partial charge is 0.319 e. The molecule has 9 atom stereocenters. The maximum atomic E-state index is 14.1. The number of Topliss-reactive ketones (excluding diaryl/α,β-unsaturated/α-hetero) is 1. The molecule has 3 rings (SSSR count). The SMILES string of the molecule is CCN1CCC[C@@H]([C@@H]2COC(=O)C(C)(C)C(=O)[C@H](C)[C@@H](O[C@@H]3O[C@H](C)C[C@H](N(C)C)[C@H]3O)[C@](C)(OC)CCCN2C)C1. The third-order valence-corrected chi connectivity index (χ3v) is 10.3. The lowest BCUT2D eigenvalue weighted by atomic mass is 9.75. The Hall–Kier alpha value is -1.14. The number of carbonyl (C=O) groups is 2. The molecule has 3 heterocycles. The minimum Gasteiger partial charge on any atom is -0.463 e. The molecule has 42 heavy (non-hydrogen) atoms. The molecule has 0 aliphatic carbocycles. The number of aliphatic hydroxyl groups excluding tert-OH is 1. The van der Waals surface area contributed by atoms with E-state index in [4.69, 9.17) is 18.9 Å². The molecule has 0 saturated carbocycles. The maximum absolute atomic E-state index is 14.1. The summed E-state index contributed by atoms with van der Waals surface area (Å²) in [6.07, 6.45) is 1.54. The summed E-state index contributed by atoms with van der Waals surface area (Å²) in [5, 5.41) is 11.3. The number of esters is 1. The number of likely N-dealkylation sites (N-methyl/N-ethyl adjacent to an activating group) is 2. The Bertz CT molecular complexity index is 901. The number of carbonyl (C=O) groups excluding carboxylic acids is 2. The average Bonchev–Trinajstić information content (AvgIpc) is 2.96. The highest BCUT2D eigenvalue weighted by atomic mass is 16.7. The van der Waals surface area contributed by atoms with Crippen LogP contribution in [0.15, 0.2) is 0 Å². The van der Waals surface area contributed by atoms with E-state index in [-0.39, 0.29) is 30.6 Å². The van der Waals surface area contributed by atoms with E-state index in [0.29, 0.717) is 18.8 Å². The van der Waals surface area contributed by atoms with Crippen LogP contribution in [0.4, 0.5) is 0 Å². The zero-order chi connectivity index (χ0) is 31.4. The van der Waals surface area contributed by atoms with Gasteiger partial charge in [0.1, 0.15) is 18.1 Å². The Morgan fingerprint density at radius 1 is 1.12 bits per heavy atom. The molecule has 1 N–H and O–H groups in total. The van der Waals surface area contributed by atoms with Crippen molar-refractivity contribution in [3.63, 3.8) is 0 Å². The number of aliphatic hydroxyl groups is 1. The molecule has 244 valence electrons. The second kappa shape index (κ2) is 14.8. The van der Waals surface area contributed by atoms with Crippen molar-refractivity contribution < 1.29 is 33.6 Å². The van der Waals surface area contributed by atoms with E-state index in [0.717, 1.165) is 45.4 Å². The molecule has 3 fully saturated rings. The van der Waals surface area contributed by atoms with Crippen LogP contribution >= 0.6 is 0 Å². The Labute approximate surface area is 254 Å². The number of hydrogen-bond donors (Lipinski definition) is 1. The van der Waals surface area contributed by atoms with Gasteiger partial charge in [0, 0.05) is 31.7 Å². The molecular formula is C32H59N3O7. The van der Waals surface area contributed by atoms with E-state index < -0.39 is 41.4 Å². The third kappa shape index (κ3) is 7.92. The topological polar surface area (TPSA) is 101 Å². The average molecular weight is 598 g/mol. The number of cyclic esters (lactones) is 1.